The van der Waals surface area contributed by atoms with E-state index in [0.717, 1.165) is 0 Å². The molecule has 1 aromatic carbocycles. The second-order valence-electron chi connectivity index (χ2n) is 9.76. The van der Waals surface area contributed by atoms with Crippen LogP contribution in [0.1, 0.15) is 38.1 Å². The summed E-state index contributed by atoms with van der Waals surface area (Å²) in [4.78, 5) is 28.4. The Morgan fingerprint density at radius 1 is 1.19 bits per heavy atom. The fourth-order valence-electron chi connectivity index (χ4n) is 4.50. The first kappa shape index (κ1) is 24.3. The summed E-state index contributed by atoms with van der Waals surface area (Å²) in [6, 6.07) is 11.4. The molecule has 9 nitrogen and oxygen atoms in total. The second-order valence-corrected chi connectivity index (χ2v) is 9.76. The number of carbonyl (C=O) groups is 1. The highest BCUT2D eigenvalue weighted by atomic mass is 19.1. The molecule has 0 aliphatic carbocycles. The zero-order valence-electron chi connectivity index (χ0n) is 20.8. The molecule has 0 saturated carbocycles. The van der Waals surface area contributed by atoms with Crippen LogP contribution in [0.4, 0.5) is 9.18 Å². The maximum Gasteiger partial charge on any atom is 0.410 e. The Morgan fingerprint density at radius 3 is 2.76 bits per heavy atom. The first-order valence-electron chi connectivity index (χ1n) is 11.9. The molecule has 1 unspecified atom stereocenters. The van der Waals surface area contributed by atoms with Crippen molar-refractivity contribution in [2.75, 3.05) is 19.6 Å². The van der Waals surface area contributed by atoms with Gasteiger partial charge in [0.25, 0.3) is 0 Å². The number of nitriles is 1. The van der Waals surface area contributed by atoms with Crippen molar-refractivity contribution in [3.05, 3.63) is 72.2 Å². The van der Waals surface area contributed by atoms with Crippen molar-refractivity contribution in [2.24, 2.45) is 0 Å². The SMILES string of the molecule is CC(C)(C)OC(=O)N1CCNCC1c1ncnc2c1c(-c1ccccc1F)cn2-c1cc(C#N)ccn1. The van der Waals surface area contributed by atoms with Crippen LogP contribution in [0.25, 0.3) is 28.0 Å². The van der Waals surface area contributed by atoms with Gasteiger partial charge in [0.05, 0.1) is 28.8 Å². The van der Waals surface area contributed by atoms with Gasteiger partial charge in [0.1, 0.15) is 29.2 Å². The number of nitrogens with one attached hydrogen (secondary N) is 1. The van der Waals surface area contributed by atoms with Gasteiger partial charge in [-0.15, -0.1) is 0 Å². The molecule has 1 aliphatic heterocycles. The van der Waals surface area contributed by atoms with E-state index in [1.165, 1.54) is 12.4 Å². The van der Waals surface area contributed by atoms with Gasteiger partial charge in [0, 0.05) is 43.2 Å². The van der Waals surface area contributed by atoms with Crippen molar-refractivity contribution in [3.63, 3.8) is 0 Å². The first-order valence-corrected chi connectivity index (χ1v) is 11.9. The van der Waals surface area contributed by atoms with E-state index in [2.05, 4.69) is 26.3 Å². The Bertz CT molecular complexity index is 1520. The summed E-state index contributed by atoms with van der Waals surface area (Å²) >= 11 is 0. The van der Waals surface area contributed by atoms with Gasteiger partial charge in [-0.1, -0.05) is 18.2 Å². The number of amides is 1. The van der Waals surface area contributed by atoms with E-state index in [1.807, 2.05) is 20.8 Å². The molecule has 1 aliphatic rings. The van der Waals surface area contributed by atoms with Crippen LogP contribution in [0.2, 0.25) is 0 Å². The van der Waals surface area contributed by atoms with Crippen LogP contribution in [-0.4, -0.2) is 55.7 Å². The summed E-state index contributed by atoms with van der Waals surface area (Å²) < 4.78 is 22.5. The van der Waals surface area contributed by atoms with Crippen molar-refractivity contribution in [2.45, 2.75) is 32.4 Å². The van der Waals surface area contributed by atoms with E-state index in [1.54, 1.807) is 52.2 Å². The number of nitrogens with zero attached hydrogens (tertiary/aromatic N) is 6. The molecule has 4 heterocycles. The smallest absolute Gasteiger partial charge is 0.410 e. The van der Waals surface area contributed by atoms with E-state index < -0.39 is 23.6 Å². The summed E-state index contributed by atoms with van der Waals surface area (Å²) in [5.74, 6) is 0.0583. The molecule has 188 valence electrons. The molecule has 0 radical (unpaired) electrons. The Labute approximate surface area is 213 Å². The Kier molecular flexibility index (Phi) is 6.31. The topological polar surface area (TPSA) is 109 Å². The van der Waals surface area contributed by atoms with Crippen molar-refractivity contribution in [1.29, 1.82) is 5.26 Å². The molecule has 4 aromatic rings. The van der Waals surface area contributed by atoms with Crippen molar-refractivity contribution in [3.8, 4) is 23.0 Å². The molecule has 5 rings (SSSR count). The third-order valence-corrected chi connectivity index (χ3v) is 6.08. The number of halogens is 1. The van der Waals surface area contributed by atoms with Crippen LogP contribution in [0.3, 0.4) is 0 Å². The molecule has 1 N–H and O–H groups in total. The van der Waals surface area contributed by atoms with Gasteiger partial charge in [0.15, 0.2) is 0 Å². The van der Waals surface area contributed by atoms with Gasteiger partial charge in [-0.3, -0.25) is 9.47 Å². The van der Waals surface area contributed by atoms with Crippen molar-refractivity contribution in [1.82, 2.24) is 29.7 Å². The quantitative estimate of drug-likeness (QED) is 0.446. The van der Waals surface area contributed by atoms with Crippen LogP contribution in [0.5, 0.6) is 0 Å². The van der Waals surface area contributed by atoms with Crippen molar-refractivity contribution < 1.29 is 13.9 Å². The number of pyridine rings is 1. The number of carbonyl (C=O) groups excluding carboxylic acids is 1. The number of piperazine rings is 1. The maximum absolute atomic E-state index is 15.1. The summed E-state index contributed by atoms with van der Waals surface area (Å²) in [6.45, 7) is 6.94. The lowest BCUT2D eigenvalue weighted by molar-refractivity contribution is 0.0115. The highest BCUT2D eigenvalue weighted by molar-refractivity contribution is 5.97. The van der Waals surface area contributed by atoms with E-state index >= 15 is 4.39 Å². The third-order valence-electron chi connectivity index (χ3n) is 6.08. The van der Waals surface area contributed by atoms with E-state index in [9.17, 15) is 10.1 Å². The number of benzene rings is 1. The second kappa shape index (κ2) is 9.59. The monoisotopic (exact) mass is 499 g/mol. The predicted octanol–water partition coefficient (Wildman–Crippen LogP) is 4.37. The summed E-state index contributed by atoms with van der Waals surface area (Å²) in [7, 11) is 0. The Morgan fingerprint density at radius 2 is 2.00 bits per heavy atom. The molecule has 3 aromatic heterocycles. The average molecular weight is 500 g/mol. The molecule has 1 saturated heterocycles. The average Bonchev–Trinajstić information content (AvgIpc) is 3.28. The number of fused-ring (bicyclic) bond motifs is 1. The summed E-state index contributed by atoms with van der Waals surface area (Å²) in [6.07, 6.45) is 4.27. The van der Waals surface area contributed by atoms with Crippen LogP contribution in [0.15, 0.2) is 55.1 Å². The van der Waals surface area contributed by atoms with E-state index in [0.29, 0.717) is 58.9 Å². The predicted molar refractivity (Wildman–Crippen MR) is 135 cm³/mol. The maximum atomic E-state index is 15.1. The van der Waals surface area contributed by atoms with Crippen LogP contribution >= 0.6 is 0 Å². The zero-order valence-corrected chi connectivity index (χ0v) is 20.8. The van der Waals surface area contributed by atoms with Gasteiger partial charge in [-0.05, 0) is 39.0 Å². The van der Waals surface area contributed by atoms with Gasteiger partial charge < -0.3 is 10.1 Å². The number of rotatable bonds is 3. The van der Waals surface area contributed by atoms with Gasteiger partial charge in [-0.25, -0.2) is 24.1 Å². The fourth-order valence-corrected chi connectivity index (χ4v) is 4.50. The highest BCUT2D eigenvalue weighted by Crippen LogP contribution is 2.38. The van der Waals surface area contributed by atoms with Gasteiger partial charge >= 0.3 is 6.09 Å². The van der Waals surface area contributed by atoms with E-state index in [4.69, 9.17) is 4.74 Å². The standard InChI is InChI=1S/C27H26FN7O2/c1-27(2,3)37-26(36)34-11-10-30-14-21(34)24-23-19(18-6-4-5-7-20(18)28)15-35(25(23)33-16-32-24)22-12-17(13-29)8-9-31-22/h4-9,12,15-16,21,30H,10-11,14H2,1-3H3. The molecule has 37 heavy (non-hydrogen) atoms. The number of hydrogen-bond acceptors (Lipinski definition) is 7. The molecule has 0 bridgehead atoms. The normalized spacial score (nSPS) is 16.0. The number of hydrogen-bond donors (Lipinski definition) is 1. The minimum atomic E-state index is -0.660. The van der Waals surface area contributed by atoms with Crippen molar-refractivity contribution >= 4 is 17.1 Å². The largest absolute Gasteiger partial charge is 0.444 e. The highest BCUT2D eigenvalue weighted by Gasteiger charge is 2.34. The Hall–Kier alpha value is -4.36. The molecular formula is C27H26FN7O2. The number of aromatic nitrogens is 4. The molecule has 1 fully saturated rings. The lowest BCUT2D eigenvalue weighted by Gasteiger charge is -2.37. The molecular weight excluding hydrogens is 473 g/mol. The van der Waals surface area contributed by atoms with Crippen LogP contribution < -0.4 is 5.32 Å². The molecule has 1 amide bonds. The summed E-state index contributed by atoms with van der Waals surface area (Å²) in [5.41, 5.74) is 1.75. The van der Waals surface area contributed by atoms with Gasteiger partial charge in [-0.2, -0.15) is 5.26 Å². The molecule has 10 heteroatoms. The fraction of sp³-hybridized carbons (Fsp3) is 0.296. The number of ether oxygens (including phenoxy) is 1. The molecule has 0 spiro atoms. The minimum absolute atomic E-state index is 0.367. The van der Waals surface area contributed by atoms with Crippen LogP contribution in [-0.2, 0) is 4.74 Å². The van der Waals surface area contributed by atoms with Crippen LogP contribution in [0, 0.1) is 17.1 Å². The van der Waals surface area contributed by atoms with E-state index in [-0.39, 0.29) is 0 Å². The Balaban J connectivity index is 1.74. The lowest BCUT2D eigenvalue weighted by Crippen LogP contribution is -2.50. The molecule has 1 atom stereocenters. The zero-order chi connectivity index (χ0) is 26.2. The minimum Gasteiger partial charge on any atom is -0.444 e. The van der Waals surface area contributed by atoms with Gasteiger partial charge in [0.2, 0.25) is 0 Å². The third kappa shape index (κ3) is 4.73. The summed E-state index contributed by atoms with van der Waals surface area (Å²) in [5, 5.41) is 13.3. The first-order chi connectivity index (χ1) is 17.8. The lowest BCUT2D eigenvalue weighted by atomic mass is 10.00.